The minimum Gasteiger partial charge on any atom is -0.306 e. The van der Waals surface area contributed by atoms with Gasteiger partial charge in [0.25, 0.3) is 0 Å². The van der Waals surface area contributed by atoms with Crippen molar-refractivity contribution < 1.29 is 0 Å². The molecule has 2 nitrogen and oxygen atoms in total. The maximum Gasteiger partial charge on any atom is 0.116 e. The summed E-state index contributed by atoms with van der Waals surface area (Å²) in [6, 6.07) is 27.1. The molecule has 4 heteroatoms. The molecule has 0 atom stereocenters. The van der Waals surface area contributed by atoms with Crippen LogP contribution in [0.4, 0.5) is 11.4 Å². The van der Waals surface area contributed by atoms with E-state index >= 15 is 0 Å². The topological polar surface area (TPSA) is 6.48 Å². The number of allylic oxidation sites excluding steroid dienone is 4. The van der Waals surface area contributed by atoms with Crippen molar-refractivity contribution in [3.63, 3.8) is 0 Å². The van der Waals surface area contributed by atoms with Crippen molar-refractivity contribution in [1.29, 1.82) is 0 Å². The average Bonchev–Trinajstić information content (AvgIpc) is 3.32. The van der Waals surface area contributed by atoms with Crippen LogP contribution < -0.4 is 9.80 Å². The number of anilines is 2. The van der Waals surface area contributed by atoms with E-state index in [4.69, 9.17) is 0 Å². The van der Waals surface area contributed by atoms with Crippen LogP contribution in [0.2, 0.25) is 0 Å². The molecule has 6 rings (SSSR count). The Kier molecular flexibility index (Phi) is 5.70. The predicted molar refractivity (Wildman–Crippen MR) is 161 cm³/mol. The Morgan fingerprint density at radius 1 is 0.444 bits per heavy atom. The van der Waals surface area contributed by atoms with E-state index in [9.17, 15) is 0 Å². The van der Waals surface area contributed by atoms with Gasteiger partial charge in [-0.15, -0.1) is 0 Å². The molecule has 0 radical (unpaired) electrons. The zero-order chi connectivity index (χ0) is 25.1. The fraction of sp³-hybridized carbons (Fsp3) is 0.188. The van der Waals surface area contributed by atoms with Gasteiger partial charge >= 0.3 is 0 Å². The van der Waals surface area contributed by atoms with Crippen molar-refractivity contribution in [3.05, 3.63) is 115 Å². The second-order valence-electron chi connectivity index (χ2n) is 9.84. The Morgan fingerprint density at radius 2 is 0.833 bits per heavy atom. The summed E-state index contributed by atoms with van der Waals surface area (Å²) in [5.41, 5.74) is 7.61. The Bertz CT molecular complexity index is 1530. The van der Waals surface area contributed by atoms with Crippen molar-refractivity contribution in [2.45, 2.75) is 41.5 Å². The number of rotatable bonds is 2. The van der Waals surface area contributed by atoms with E-state index in [2.05, 4.69) is 124 Å². The van der Waals surface area contributed by atoms with E-state index in [0.717, 1.165) is 0 Å². The van der Waals surface area contributed by atoms with Gasteiger partial charge in [-0.05, 0) is 87.4 Å². The molecule has 0 N–H and O–H groups in total. The number of benzene rings is 4. The van der Waals surface area contributed by atoms with Crippen LogP contribution in [0.1, 0.15) is 38.8 Å². The lowest BCUT2D eigenvalue weighted by Gasteiger charge is -2.28. The van der Waals surface area contributed by atoms with Crippen LogP contribution in [0.25, 0.3) is 21.5 Å². The van der Waals surface area contributed by atoms with Crippen LogP contribution in [-0.4, -0.2) is 0 Å². The number of thioether (sulfide) groups is 2. The second-order valence-corrected chi connectivity index (χ2v) is 12.2. The van der Waals surface area contributed by atoms with Crippen molar-refractivity contribution in [2.24, 2.45) is 0 Å². The Balaban J connectivity index is 1.51. The van der Waals surface area contributed by atoms with Crippen LogP contribution in [0, 0.1) is 13.8 Å². The SMILES string of the molecule is CC1=C(C)N(c2ccc3ccc(C)cc3c2)/C(=C2\SC(C)=C(C)N2c2ccc3ccc(C)cc3c2)S1. The summed E-state index contributed by atoms with van der Waals surface area (Å²) in [6.45, 7) is 13.3. The van der Waals surface area contributed by atoms with Gasteiger partial charge in [-0.25, -0.2) is 0 Å². The summed E-state index contributed by atoms with van der Waals surface area (Å²) in [4.78, 5) is 7.60. The van der Waals surface area contributed by atoms with Gasteiger partial charge in [0.15, 0.2) is 0 Å². The van der Waals surface area contributed by atoms with Crippen molar-refractivity contribution in [3.8, 4) is 0 Å². The van der Waals surface area contributed by atoms with E-state index in [-0.39, 0.29) is 0 Å². The molecule has 4 aromatic rings. The average molecular weight is 507 g/mol. The third-order valence-electron chi connectivity index (χ3n) is 7.25. The first-order valence-corrected chi connectivity index (χ1v) is 14.0. The molecule has 0 amide bonds. The smallest absolute Gasteiger partial charge is 0.116 e. The quantitative estimate of drug-likeness (QED) is 0.267. The lowest BCUT2D eigenvalue weighted by Crippen LogP contribution is -2.22. The first-order chi connectivity index (χ1) is 17.3. The summed E-state index contributed by atoms with van der Waals surface area (Å²) in [5.74, 6) is 0. The lowest BCUT2D eigenvalue weighted by atomic mass is 10.1. The van der Waals surface area contributed by atoms with E-state index < -0.39 is 0 Å². The van der Waals surface area contributed by atoms with E-state index in [1.54, 1.807) is 0 Å². The van der Waals surface area contributed by atoms with Gasteiger partial charge in [-0.2, -0.15) is 0 Å². The first-order valence-electron chi connectivity index (χ1n) is 12.4. The van der Waals surface area contributed by atoms with Gasteiger partial charge < -0.3 is 9.80 Å². The third kappa shape index (κ3) is 3.84. The van der Waals surface area contributed by atoms with E-state index in [1.807, 2.05) is 23.5 Å². The minimum atomic E-state index is 1.22. The maximum absolute atomic E-state index is 2.45. The van der Waals surface area contributed by atoms with Crippen LogP contribution in [0.15, 0.2) is 104 Å². The molecule has 0 saturated carbocycles. The van der Waals surface area contributed by atoms with Gasteiger partial charge in [-0.1, -0.05) is 83.2 Å². The maximum atomic E-state index is 2.45. The van der Waals surface area contributed by atoms with Crippen molar-refractivity contribution >= 4 is 56.4 Å². The molecule has 2 aliphatic rings. The molecule has 0 saturated heterocycles. The molecule has 0 spiro atoms. The number of aryl methyl sites for hydroxylation is 2. The highest BCUT2D eigenvalue weighted by atomic mass is 32.2. The van der Waals surface area contributed by atoms with Gasteiger partial charge in [-0.3, -0.25) is 0 Å². The van der Waals surface area contributed by atoms with Gasteiger partial charge in [0.1, 0.15) is 10.1 Å². The lowest BCUT2D eigenvalue weighted by molar-refractivity contribution is 1.09. The molecule has 0 bridgehead atoms. The van der Waals surface area contributed by atoms with Crippen molar-refractivity contribution in [1.82, 2.24) is 0 Å². The highest BCUT2D eigenvalue weighted by Crippen LogP contribution is 2.53. The van der Waals surface area contributed by atoms with Crippen LogP contribution in [-0.2, 0) is 0 Å². The highest BCUT2D eigenvalue weighted by molar-refractivity contribution is 8.10. The summed E-state index contributed by atoms with van der Waals surface area (Å²) >= 11 is 3.77. The Morgan fingerprint density at radius 3 is 1.25 bits per heavy atom. The molecule has 0 aromatic heterocycles. The van der Waals surface area contributed by atoms with Crippen LogP contribution >= 0.6 is 23.5 Å². The third-order valence-corrected chi connectivity index (χ3v) is 9.72. The first kappa shape index (κ1) is 23.3. The summed E-state index contributed by atoms with van der Waals surface area (Å²) in [5, 5.41) is 7.68. The Labute approximate surface area is 222 Å². The normalized spacial score (nSPS) is 18.5. The highest BCUT2D eigenvalue weighted by Gasteiger charge is 2.34. The number of fused-ring (bicyclic) bond motifs is 2. The molecular formula is C32H30N2S2. The van der Waals surface area contributed by atoms with E-state index in [1.165, 1.54) is 75.3 Å². The minimum absolute atomic E-state index is 1.22. The molecule has 0 unspecified atom stereocenters. The number of nitrogens with zero attached hydrogens (tertiary/aromatic N) is 2. The van der Waals surface area contributed by atoms with Gasteiger partial charge in [0.2, 0.25) is 0 Å². The van der Waals surface area contributed by atoms with Gasteiger partial charge in [0.05, 0.1) is 0 Å². The van der Waals surface area contributed by atoms with Crippen LogP contribution in [0.5, 0.6) is 0 Å². The monoisotopic (exact) mass is 506 g/mol. The fourth-order valence-electron chi connectivity index (χ4n) is 5.03. The van der Waals surface area contributed by atoms with Gasteiger partial charge in [0, 0.05) is 32.6 Å². The van der Waals surface area contributed by atoms with Crippen molar-refractivity contribution in [2.75, 3.05) is 9.80 Å². The fourth-order valence-corrected chi connectivity index (χ4v) is 7.37. The molecule has 2 heterocycles. The number of hydrogen-bond donors (Lipinski definition) is 0. The zero-order valence-corrected chi connectivity index (χ0v) is 23.3. The van der Waals surface area contributed by atoms with Crippen LogP contribution in [0.3, 0.4) is 0 Å². The number of hydrogen-bond acceptors (Lipinski definition) is 4. The summed E-state index contributed by atoms with van der Waals surface area (Å²) in [6.07, 6.45) is 0. The summed E-state index contributed by atoms with van der Waals surface area (Å²) < 4.78 is 0. The largest absolute Gasteiger partial charge is 0.306 e. The summed E-state index contributed by atoms with van der Waals surface area (Å²) in [7, 11) is 0. The molecule has 36 heavy (non-hydrogen) atoms. The standard InChI is InChI=1S/C32H30N2S2/c1-19-7-9-25-11-13-29(17-27(25)15-19)33-21(3)23(5)35-31(33)32-34(22(4)24(6)36-32)30-14-12-26-10-8-20(2)16-28(26)18-30/h7-18H,1-6H3/b32-31+. The molecule has 0 aliphatic carbocycles. The van der Waals surface area contributed by atoms with E-state index in [0.29, 0.717) is 0 Å². The predicted octanol–water partition coefficient (Wildman–Crippen LogP) is 10.0. The molecule has 180 valence electrons. The molecular weight excluding hydrogens is 477 g/mol. The Hall–Kier alpha value is -3.08. The zero-order valence-electron chi connectivity index (χ0n) is 21.6. The molecule has 2 aliphatic heterocycles. The molecule has 0 fully saturated rings. The second kappa shape index (κ2) is 8.79. The molecule has 4 aromatic carbocycles.